The number of nitrogens with zero attached hydrogens (tertiary/aromatic N) is 2. The minimum absolute atomic E-state index is 0.0258. The molecule has 1 saturated heterocycles. The number of carbonyl (C=O) groups is 3. The maximum Gasteiger partial charge on any atom is 0.418 e. The number of benzene rings is 1. The van der Waals surface area contributed by atoms with Crippen molar-refractivity contribution in [3.8, 4) is 0 Å². The molecule has 3 rings (SSSR count). The summed E-state index contributed by atoms with van der Waals surface area (Å²) in [6, 6.07) is -0.195. The molecule has 8 nitrogen and oxygen atoms in total. The van der Waals surface area contributed by atoms with Crippen LogP contribution < -0.4 is 16.0 Å². The highest BCUT2D eigenvalue weighted by Gasteiger charge is 2.44. The van der Waals surface area contributed by atoms with Crippen molar-refractivity contribution in [2.24, 2.45) is 5.73 Å². The van der Waals surface area contributed by atoms with E-state index in [9.17, 15) is 40.7 Å². The van der Waals surface area contributed by atoms with Crippen LogP contribution >= 0.6 is 0 Å². The summed E-state index contributed by atoms with van der Waals surface area (Å²) >= 11 is 0. The zero-order valence-electron chi connectivity index (χ0n) is 17.7. The molecule has 1 aromatic carbocycles. The third kappa shape index (κ3) is 5.97. The Labute approximate surface area is 190 Å². The molecule has 0 spiro atoms. The average molecular weight is 496 g/mol. The van der Waals surface area contributed by atoms with Crippen molar-refractivity contribution >= 4 is 29.1 Å². The molecule has 0 bridgehead atoms. The smallest absolute Gasteiger partial charge is 0.370 e. The largest absolute Gasteiger partial charge is 0.418 e. The van der Waals surface area contributed by atoms with E-state index in [4.69, 9.17) is 10.5 Å². The maximum atomic E-state index is 13.7. The summed E-state index contributed by atoms with van der Waals surface area (Å²) in [5.41, 5.74) is 3.09. The molecule has 3 N–H and O–H groups in total. The minimum atomic E-state index is -4.92. The van der Waals surface area contributed by atoms with Crippen LogP contribution in [-0.4, -0.2) is 67.2 Å². The number of nitrogens with two attached hydrogens (primary N) is 1. The molecule has 1 saturated carbocycles. The molecule has 0 aromatic heterocycles. The molecule has 0 radical (unpaired) electrons. The molecule has 2 fully saturated rings. The lowest BCUT2D eigenvalue weighted by molar-refractivity contribution is -0.166. The zero-order valence-corrected chi connectivity index (χ0v) is 17.7. The lowest BCUT2D eigenvalue weighted by Crippen LogP contribution is -2.59. The van der Waals surface area contributed by atoms with E-state index in [0.717, 1.165) is 17.0 Å². The Morgan fingerprint density at radius 1 is 1.21 bits per heavy atom. The molecule has 1 atom stereocenters. The number of nitrogens with one attached hydrogen (secondary N) is 1. The topological polar surface area (TPSA) is 105 Å². The molecule has 2 aliphatic rings. The van der Waals surface area contributed by atoms with E-state index in [-0.39, 0.29) is 13.2 Å². The van der Waals surface area contributed by atoms with Crippen LogP contribution in [-0.2, 0) is 25.3 Å². The van der Waals surface area contributed by atoms with Gasteiger partial charge in [0.1, 0.15) is 6.61 Å². The van der Waals surface area contributed by atoms with E-state index in [2.05, 4.69) is 5.32 Å². The summed E-state index contributed by atoms with van der Waals surface area (Å²) in [6.07, 6.45) is -8.44. The number of hydrogen-bond donors (Lipinski definition) is 2. The van der Waals surface area contributed by atoms with Gasteiger partial charge in [-0.3, -0.25) is 19.3 Å². The third-order valence-electron chi connectivity index (χ3n) is 5.60. The van der Waals surface area contributed by atoms with Gasteiger partial charge in [0.05, 0.1) is 24.4 Å². The second kappa shape index (κ2) is 9.78. The fourth-order valence-corrected chi connectivity index (χ4v) is 3.86. The predicted octanol–water partition coefficient (Wildman–Crippen LogP) is 2.28. The van der Waals surface area contributed by atoms with Gasteiger partial charge in [-0.1, -0.05) is 6.42 Å². The van der Waals surface area contributed by atoms with Crippen LogP contribution in [0, 0.1) is 0 Å². The van der Waals surface area contributed by atoms with Gasteiger partial charge in [0.15, 0.2) is 6.04 Å². The summed E-state index contributed by atoms with van der Waals surface area (Å²) in [5, 5.41) is 2.07. The van der Waals surface area contributed by atoms with Crippen LogP contribution in [0.5, 0.6) is 0 Å². The van der Waals surface area contributed by atoms with Gasteiger partial charge in [0, 0.05) is 18.3 Å². The zero-order chi connectivity index (χ0) is 25.3. The van der Waals surface area contributed by atoms with Gasteiger partial charge in [-0.15, -0.1) is 0 Å². The number of alkyl halides is 6. The molecule has 1 aliphatic carbocycles. The van der Waals surface area contributed by atoms with Gasteiger partial charge < -0.3 is 20.7 Å². The number of rotatable bonds is 7. The Morgan fingerprint density at radius 3 is 2.38 bits per heavy atom. The van der Waals surface area contributed by atoms with Crippen LogP contribution in [0.1, 0.15) is 24.8 Å². The average Bonchev–Trinajstić information content (AvgIpc) is 2.65. The monoisotopic (exact) mass is 496 g/mol. The Bertz CT molecular complexity index is 948. The molecule has 1 heterocycles. The minimum Gasteiger partial charge on any atom is -0.370 e. The van der Waals surface area contributed by atoms with Crippen LogP contribution in [0.4, 0.5) is 37.7 Å². The normalized spacial score (nSPS) is 18.6. The highest BCUT2D eigenvalue weighted by molar-refractivity contribution is 6.09. The van der Waals surface area contributed by atoms with Gasteiger partial charge in [0.25, 0.3) is 11.8 Å². The molecule has 0 unspecified atom stereocenters. The fourth-order valence-electron chi connectivity index (χ4n) is 3.86. The van der Waals surface area contributed by atoms with E-state index in [0.29, 0.717) is 30.2 Å². The van der Waals surface area contributed by atoms with Gasteiger partial charge in [0.2, 0.25) is 5.91 Å². The fraction of sp³-hybridized carbons (Fsp3) is 0.550. The van der Waals surface area contributed by atoms with Gasteiger partial charge >= 0.3 is 12.4 Å². The SMILES string of the molecule is NC(=O)[C@H](C(=O)Nc1ccc(N2CCOCC2=O)c(C(F)(F)F)c1)N(CC(F)(F)F)C1CCC1. The molecule has 14 heteroatoms. The maximum absolute atomic E-state index is 13.7. The van der Waals surface area contributed by atoms with E-state index < -0.39 is 72.2 Å². The number of primary amides is 1. The van der Waals surface area contributed by atoms with Crippen LogP contribution in [0.15, 0.2) is 18.2 Å². The van der Waals surface area contributed by atoms with Gasteiger partial charge in [-0.05, 0) is 31.0 Å². The van der Waals surface area contributed by atoms with E-state index >= 15 is 0 Å². The van der Waals surface area contributed by atoms with E-state index in [1.54, 1.807) is 0 Å². The Hall–Kier alpha value is -2.87. The highest BCUT2D eigenvalue weighted by atomic mass is 19.4. The standard InChI is InChI=1S/C20H22F6N4O4/c21-19(22,23)10-30(12-2-1-3-12)16(17(27)32)18(33)28-11-4-5-14(13(8-11)20(24,25)26)29-6-7-34-9-15(29)31/h4-5,8,12,16H,1-3,6-7,9-10H2,(H2,27,32)(H,28,33)/t16-/m1/s1. The molecule has 1 aromatic rings. The Kier molecular flexibility index (Phi) is 7.41. The number of carbonyl (C=O) groups excluding carboxylic acids is 3. The molecular formula is C20H22F6N4O4. The van der Waals surface area contributed by atoms with E-state index in [1.165, 1.54) is 0 Å². The first-order valence-corrected chi connectivity index (χ1v) is 10.3. The molecular weight excluding hydrogens is 474 g/mol. The van der Waals surface area contributed by atoms with Gasteiger partial charge in [-0.25, -0.2) is 0 Å². The first-order chi connectivity index (χ1) is 15.8. The second-order valence-electron chi connectivity index (χ2n) is 7.99. The van der Waals surface area contributed by atoms with Crippen LogP contribution in [0.25, 0.3) is 0 Å². The predicted molar refractivity (Wildman–Crippen MR) is 107 cm³/mol. The first-order valence-electron chi connectivity index (χ1n) is 10.3. The molecule has 34 heavy (non-hydrogen) atoms. The highest BCUT2D eigenvalue weighted by Crippen LogP contribution is 2.39. The summed E-state index contributed by atoms with van der Waals surface area (Å²) in [4.78, 5) is 38.2. The lowest BCUT2D eigenvalue weighted by Gasteiger charge is -2.40. The van der Waals surface area contributed by atoms with Gasteiger partial charge in [-0.2, -0.15) is 26.3 Å². The lowest BCUT2D eigenvalue weighted by atomic mass is 9.90. The molecule has 1 aliphatic heterocycles. The van der Waals surface area contributed by atoms with E-state index in [1.807, 2.05) is 0 Å². The van der Waals surface area contributed by atoms with Crippen molar-refractivity contribution in [2.75, 3.05) is 36.5 Å². The Balaban J connectivity index is 1.89. The second-order valence-corrected chi connectivity index (χ2v) is 7.99. The van der Waals surface area contributed by atoms with Crippen molar-refractivity contribution in [2.45, 2.75) is 43.7 Å². The number of morpholine rings is 1. The first kappa shape index (κ1) is 25.7. The summed E-state index contributed by atoms with van der Waals surface area (Å²) in [5.74, 6) is -3.34. The summed E-state index contributed by atoms with van der Waals surface area (Å²) in [6.45, 7) is -2.07. The van der Waals surface area contributed by atoms with Crippen molar-refractivity contribution in [1.29, 1.82) is 0 Å². The number of anilines is 2. The number of ether oxygens (including phenoxy) is 1. The quantitative estimate of drug-likeness (QED) is 0.445. The van der Waals surface area contributed by atoms with Crippen molar-refractivity contribution in [1.82, 2.24) is 4.90 Å². The number of halogens is 6. The van der Waals surface area contributed by atoms with Crippen molar-refractivity contribution in [3.05, 3.63) is 23.8 Å². The van der Waals surface area contributed by atoms with Crippen molar-refractivity contribution in [3.63, 3.8) is 0 Å². The Morgan fingerprint density at radius 2 is 1.88 bits per heavy atom. The third-order valence-corrected chi connectivity index (χ3v) is 5.60. The van der Waals surface area contributed by atoms with Crippen LogP contribution in [0.2, 0.25) is 0 Å². The molecule has 188 valence electrons. The number of hydrogen-bond acceptors (Lipinski definition) is 5. The summed E-state index contributed by atoms with van der Waals surface area (Å²) in [7, 11) is 0. The number of amides is 3. The van der Waals surface area contributed by atoms with Crippen LogP contribution in [0.3, 0.4) is 0 Å². The molecule has 3 amide bonds. The summed E-state index contributed by atoms with van der Waals surface area (Å²) < 4.78 is 85.3. The van der Waals surface area contributed by atoms with Crippen molar-refractivity contribution < 1.29 is 45.5 Å².